The first-order chi connectivity index (χ1) is 25.8. The van der Waals surface area contributed by atoms with Gasteiger partial charge in [-0.2, -0.15) is 0 Å². The summed E-state index contributed by atoms with van der Waals surface area (Å²) in [4.78, 5) is 99.4. The highest BCUT2D eigenvalue weighted by molar-refractivity contribution is 8.29. The van der Waals surface area contributed by atoms with Gasteiger partial charge in [-0.3, -0.25) is 80.5 Å². The van der Waals surface area contributed by atoms with Crippen molar-refractivity contribution in [3.05, 3.63) is 89.7 Å². The Morgan fingerprint density at radius 2 is 0.963 bits per heavy atom. The highest BCUT2D eigenvalue weighted by atomic mass is 32.2. The number of amides is 6. The first-order valence-electron chi connectivity index (χ1n) is 16.3. The number of benzene rings is 2. The molecule has 54 heavy (non-hydrogen) atoms. The van der Waals surface area contributed by atoms with E-state index in [4.69, 9.17) is 24.4 Å². The maximum Gasteiger partial charge on any atom is 0.282 e. The second kappa shape index (κ2) is 19.7. The van der Waals surface area contributed by atoms with Crippen LogP contribution in [0.4, 0.5) is 11.4 Å². The quantitative estimate of drug-likeness (QED) is 0.0620. The van der Waals surface area contributed by atoms with Crippen molar-refractivity contribution < 1.29 is 38.6 Å². The first-order valence-corrected chi connectivity index (χ1v) is 18.7. The Morgan fingerprint density at radius 3 is 1.33 bits per heavy atom. The molecule has 18 nitrogen and oxygen atoms in total. The Bertz CT molecular complexity index is 1810. The zero-order valence-corrected chi connectivity index (χ0v) is 31.5. The predicted octanol–water partition coefficient (Wildman–Crippen LogP) is 3.78. The smallest absolute Gasteiger partial charge is 0.282 e. The average Bonchev–Trinajstić information content (AvgIpc) is 3.60. The third kappa shape index (κ3) is 10.9. The number of hydrazine groups is 2. The second-order valence-electron chi connectivity index (χ2n) is 11.5. The van der Waals surface area contributed by atoms with Crippen LogP contribution in [0.2, 0.25) is 0 Å². The van der Waals surface area contributed by atoms with Gasteiger partial charge in [0.2, 0.25) is 11.8 Å². The highest BCUT2D eigenvalue weighted by Crippen LogP contribution is 2.42. The molecule has 22 heteroatoms. The molecule has 0 unspecified atom stereocenters. The van der Waals surface area contributed by atoms with Gasteiger partial charge in [-0.1, -0.05) is 85.1 Å². The van der Waals surface area contributed by atoms with Crippen LogP contribution < -0.4 is 21.7 Å². The summed E-state index contributed by atoms with van der Waals surface area (Å²) >= 11 is 12.8. The molecule has 2 heterocycles. The van der Waals surface area contributed by atoms with Gasteiger partial charge in [-0.15, -0.1) is 0 Å². The summed E-state index contributed by atoms with van der Waals surface area (Å²) in [7, 11) is 0. The van der Waals surface area contributed by atoms with E-state index in [0.29, 0.717) is 38.5 Å². The average molecular weight is 817 g/mol. The lowest BCUT2D eigenvalue weighted by molar-refractivity contribution is -0.385. The number of unbranched alkanes of at least 4 members (excludes halogenated alkanes) is 4. The molecule has 0 radical (unpaired) electrons. The number of carbonyl (C=O) groups excluding carboxylic acids is 6. The fourth-order valence-electron chi connectivity index (χ4n) is 5.08. The minimum atomic E-state index is -0.826. The van der Waals surface area contributed by atoms with E-state index < -0.39 is 56.7 Å². The first kappa shape index (κ1) is 41.4. The molecule has 4 N–H and O–H groups in total. The number of carbonyl (C=O) groups is 6. The topological polar surface area (TPSA) is 243 Å². The number of hydrogen-bond donors (Lipinski definition) is 4. The summed E-state index contributed by atoms with van der Waals surface area (Å²) in [6.45, 7) is 0.516. The number of nitrogens with zero attached hydrogens (tertiary/aromatic N) is 4. The van der Waals surface area contributed by atoms with Crippen LogP contribution in [-0.4, -0.2) is 76.8 Å². The summed E-state index contributed by atoms with van der Waals surface area (Å²) in [5.41, 5.74) is 7.61. The van der Waals surface area contributed by atoms with Gasteiger partial charge >= 0.3 is 0 Å². The van der Waals surface area contributed by atoms with Crippen LogP contribution in [0.15, 0.2) is 58.3 Å². The summed E-state index contributed by atoms with van der Waals surface area (Å²) in [6, 6.07) is 10.7. The van der Waals surface area contributed by atoms with Crippen molar-refractivity contribution in [1.82, 2.24) is 31.5 Å². The van der Waals surface area contributed by atoms with Crippen LogP contribution >= 0.6 is 48.0 Å². The molecule has 2 aliphatic heterocycles. The maximum absolute atomic E-state index is 13.2. The van der Waals surface area contributed by atoms with Crippen molar-refractivity contribution in [2.75, 3.05) is 13.1 Å². The fourth-order valence-corrected chi connectivity index (χ4v) is 7.85. The highest BCUT2D eigenvalue weighted by Gasteiger charge is 2.41. The Labute approximate surface area is 326 Å². The molecular weight excluding hydrogens is 785 g/mol. The number of rotatable bonds is 16. The molecule has 0 bridgehead atoms. The largest absolute Gasteiger partial charge is 0.293 e. The lowest BCUT2D eigenvalue weighted by Gasteiger charge is -2.14. The van der Waals surface area contributed by atoms with Crippen molar-refractivity contribution in [2.24, 2.45) is 0 Å². The lowest BCUT2D eigenvalue weighted by atomic mass is 10.1. The monoisotopic (exact) mass is 816 g/mol. The third-order valence-electron chi connectivity index (χ3n) is 7.80. The van der Waals surface area contributed by atoms with E-state index in [1.165, 1.54) is 58.3 Å². The number of nitro benzene ring substituents is 2. The van der Waals surface area contributed by atoms with Crippen LogP contribution in [0.25, 0.3) is 0 Å². The number of para-hydroxylation sites is 2. The predicted molar refractivity (Wildman–Crippen MR) is 205 cm³/mol. The van der Waals surface area contributed by atoms with Gasteiger partial charge in [-0.05, 0) is 37.8 Å². The van der Waals surface area contributed by atoms with E-state index in [1.807, 2.05) is 0 Å². The van der Waals surface area contributed by atoms with Crippen molar-refractivity contribution in [2.45, 2.75) is 51.4 Å². The molecule has 6 amide bonds. The van der Waals surface area contributed by atoms with Crippen molar-refractivity contribution in [3.8, 4) is 0 Å². The standard InChI is InChI=1S/C32H32N8O10S4/c41-23(33-35-27(43)19-11-5-7-13-21(19)39(47)48)15-3-1-9-17-37-29(45)25(53-31(37)51)26-30(46)38(32(52)54-26)18-10-2-4-16-24(42)34-36-28(44)20-12-6-8-14-22(20)40(49)50/h5-8,11-14H,1-4,9-10,15-18H2,(H,33,41)(H,34,42)(H,35,43)(H,36,44). The molecule has 4 rings (SSSR count). The van der Waals surface area contributed by atoms with Crippen molar-refractivity contribution >= 4 is 103 Å². The van der Waals surface area contributed by atoms with E-state index in [9.17, 15) is 49.0 Å². The normalized spacial score (nSPS) is 15.3. The lowest BCUT2D eigenvalue weighted by Crippen LogP contribution is -2.41. The Hall–Kier alpha value is -5.32. The number of nitro groups is 2. The van der Waals surface area contributed by atoms with Gasteiger partial charge in [0, 0.05) is 38.1 Å². The van der Waals surface area contributed by atoms with Gasteiger partial charge in [0.05, 0.1) is 19.7 Å². The minimum absolute atomic E-state index is 0.0483. The molecule has 2 aliphatic rings. The van der Waals surface area contributed by atoms with Crippen molar-refractivity contribution in [3.63, 3.8) is 0 Å². The van der Waals surface area contributed by atoms with Crippen LogP contribution in [0.3, 0.4) is 0 Å². The molecule has 2 aromatic rings. The molecule has 0 spiro atoms. The summed E-state index contributed by atoms with van der Waals surface area (Å²) in [5.74, 6) is -3.48. The molecular formula is C32H32N8O10S4. The Morgan fingerprint density at radius 1 is 0.593 bits per heavy atom. The van der Waals surface area contributed by atoms with Crippen LogP contribution in [-0.2, 0) is 19.2 Å². The van der Waals surface area contributed by atoms with Gasteiger partial charge in [-0.25, -0.2) is 0 Å². The van der Waals surface area contributed by atoms with Crippen LogP contribution in [0.5, 0.6) is 0 Å². The van der Waals surface area contributed by atoms with Gasteiger partial charge in [0.25, 0.3) is 35.0 Å². The molecule has 2 saturated heterocycles. The minimum Gasteiger partial charge on any atom is -0.293 e. The maximum atomic E-state index is 13.2. The van der Waals surface area contributed by atoms with Crippen LogP contribution in [0, 0.1) is 20.2 Å². The third-order valence-corrected chi connectivity index (χ3v) is 10.8. The number of nitrogens with one attached hydrogen (secondary N) is 4. The number of thiocarbonyl (C=S) groups is 2. The zero-order valence-electron chi connectivity index (χ0n) is 28.2. The van der Waals surface area contributed by atoms with E-state index in [-0.39, 0.29) is 55.5 Å². The molecule has 0 saturated carbocycles. The summed E-state index contributed by atoms with van der Waals surface area (Å²) in [5, 5.41) is 22.2. The van der Waals surface area contributed by atoms with E-state index in [2.05, 4.69) is 21.7 Å². The molecule has 0 aromatic heterocycles. The van der Waals surface area contributed by atoms with Gasteiger partial charge in [0.1, 0.15) is 19.8 Å². The van der Waals surface area contributed by atoms with E-state index in [1.54, 1.807) is 0 Å². The van der Waals surface area contributed by atoms with Crippen LogP contribution in [0.1, 0.15) is 72.1 Å². The fraction of sp³-hybridized carbons (Fsp3) is 0.312. The SMILES string of the molecule is O=C(CCCCCN1C(=O)C(=C2SC(=S)N(CCCCCC(=O)NNC(=O)c3ccccc3[N+](=O)[O-])C2=O)SC1=S)NNC(=O)c1ccccc1[N+](=O)[O-]. The van der Waals surface area contributed by atoms with E-state index >= 15 is 0 Å². The van der Waals surface area contributed by atoms with Gasteiger partial charge < -0.3 is 0 Å². The molecule has 2 fully saturated rings. The Kier molecular flexibility index (Phi) is 15.1. The van der Waals surface area contributed by atoms with Gasteiger partial charge in [0.15, 0.2) is 0 Å². The van der Waals surface area contributed by atoms with Crippen molar-refractivity contribution in [1.29, 1.82) is 0 Å². The van der Waals surface area contributed by atoms with E-state index in [0.717, 1.165) is 23.5 Å². The molecule has 0 aliphatic carbocycles. The summed E-state index contributed by atoms with van der Waals surface area (Å²) in [6.07, 6.45) is 3.00. The second-order valence-corrected chi connectivity index (χ2v) is 14.8. The zero-order chi connectivity index (χ0) is 39.4. The number of hydrogen-bond acceptors (Lipinski definition) is 14. The number of thioether (sulfide) groups is 2. The molecule has 284 valence electrons. The molecule has 2 aromatic carbocycles. The Balaban J connectivity index is 1.14. The molecule has 0 atom stereocenters. The summed E-state index contributed by atoms with van der Waals surface area (Å²) < 4.78 is 0.569.